The first-order valence-electron chi connectivity index (χ1n) is 9.98. The van der Waals surface area contributed by atoms with Crippen molar-refractivity contribution in [3.8, 4) is 0 Å². The quantitative estimate of drug-likeness (QED) is 0.264. The number of nitrogens with one attached hydrogen (secondary N) is 5. The van der Waals surface area contributed by atoms with E-state index < -0.39 is 52.0 Å². The molecule has 2 atom stereocenters. The predicted molar refractivity (Wildman–Crippen MR) is 114 cm³/mol. The molecule has 0 saturated heterocycles. The third-order valence-electron chi connectivity index (χ3n) is 5.30. The molecule has 0 saturated carbocycles. The molecule has 13 nitrogen and oxygen atoms in total. The van der Waals surface area contributed by atoms with Gasteiger partial charge in [-0.15, -0.1) is 0 Å². The van der Waals surface area contributed by atoms with Crippen molar-refractivity contribution in [1.82, 2.24) is 35.4 Å². The van der Waals surface area contributed by atoms with Gasteiger partial charge in [0.1, 0.15) is 0 Å². The average Bonchev–Trinajstić information content (AvgIpc) is 3.11. The maximum atomic E-state index is 12.6. The number of carbonyl (C=O) groups excluding carboxylic acids is 2. The highest BCUT2D eigenvalue weighted by molar-refractivity contribution is 5.92. The molecule has 0 aliphatic heterocycles. The molecule has 1 aromatic carbocycles. The summed E-state index contributed by atoms with van der Waals surface area (Å²) in [6.07, 6.45) is 3.00. The number of hydrogen-bond acceptors (Lipinski definition) is 7. The number of aryl methyl sites for hydroxylation is 1. The van der Waals surface area contributed by atoms with Gasteiger partial charge in [0.15, 0.2) is 0 Å². The number of nitrogens with zero attached hydrogens (tertiary/aromatic N) is 2. The van der Waals surface area contributed by atoms with E-state index >= 15 is 0 Å². The summed E-state index contributed by atoms with van der Waals surface area (Å²) < 4.78 is 1.13. The zero-order chi connectivity index (χ0) is 23.5. The van der Waals surface area contributed by atoms with Crippen molar-refractivity contribution < 1.29 is 9.59 Å². The SMILES string of the molecule is O=C(CCn1cc[nH]c(=O)c1=O)N[C@@H]1c2ccccc2C[C@H]1NC(=O)c1n[nH]c(=O)[nH]c1=O. The molecule has 2 amide bonds. The fourth-order valence-electron chi connectivity index (χ4n) is 3.75. The van der Waals surface area contributed by atoms with Gasteiger partial charge in [0.05, 0.1) is 12.1 Å². The van der Waals surface area contributed by atoms with E-state index in [1.807, 2.05) is 28.3 Å². The van der Waals surface area contributed by atoms with Crippen molar-refractivity contribution in [3.05, 3.63) is 95.0 Å². The van der Waals surface area contributed by atoms with E-state index in [0.29, 0.717) is 6.42 Å². The largest absolute Gasteiger partial charge is 0.347 e. The Bertz CT molecular complexity index is 1450. The smallest absolute Gasteiger partial charge is 0.342 e. The molecule has 3 aromatic rings. The van der Waals surface area contributed by atoms with Gasteiger partial charge < -0.3 is 20.2 Å². The van der Waals surface area contributed by atoms with Gasteiger partial charge in [-0.05, 0) is 17.5 Å². The number of carbonyl (C=O) groups is 2. The maximum Gasteiger partial charge on any atom is 0.342 e. The summed E-state index contributed by atoms with van der Waals surface area (Å²) in [6, 6.07) is 6.12. The van der Waals surface area contributed by atoms with E-state index in [-0.39, 0.29) is 13.0 Å². The molecule has 1 aliphatic carbocycles. The number of benzene rings is 1. The van der Waals surface area contributed by atoms with Crippen LogP contribution in [0.25, 0.3) is 0 Å². The molecule has 33 heavy (non-hydrogen) atoms. The van der Waals surface area contributed by atoms with Gasteiger partial charge in [-0.1, -0.05) is 24.3 Å². The lowest BCUT2D eigenvalue weighted by Crippen LogP contribution is -2.46. The van der Waals surface area contributed by atoms with Gasteiger partial charge >= 0.3 is 16.8 Å². The van der Waals surface area contributed by atoms with Crippen molar-refractivity contribution in [2.24, 2.45) is 0 Å². The number of fused-ring (bicyclic) bond motifs is 1. The normalized spacial score (nSPS) is 16.7. The zero-order valence-corrected chi connectivity index (χ0v) is 17.1. The van der Waals surface area contributed by atoms with Crippen LogP contribution in [0.4, 0.5) is 0 Å². The first kappa shape index (κ1) is 21.7. The number of H-pyrrole nitrogens is 3. The van der Waals surface area contributed by atoms with Crippen LogP contribution in [0.5, 0.6) is 0 Å². The van der Waals surface area contributed by atoms with Crippen LogP contribution < -0.4 is 33.0 Å². The summed E-state index contributed by atoms with van der Waals surface area (Å²) in [5.41, 5.74) is -2.12. The summed E-state index contributed by atoms with van der Waals surface area (Å²) in [7, 11) is 0. The topological polar surface area (TPSA) is 192 Å². The van der Waals surface area contributed by atoms with Gasteiger partial charge in [0.2, 0.25) is 11.6 Å². The number of aromatic nitrogens is 5. The second-order valence-electron chi connectivity index (χ2n) is 7.42. The van der Waals surface area contributed by atoms with Crippen LogP contribution in [-0.4, -0.2) is 42.6 Å². The van der Waals surface area contributed by atoms with Crippen molar-refractivity contribution in [1.29, 1.82) is 0 Å². The monoisotopic (exact) mass is 453 g/mol. The third-order valence-corrected chi connectivity index (χ3v) is 5.30. The Kier molecular flexibility index (Phi) is 5.85. The molecular formula is C20H19N7O6. The Morgan fingerprint density at radius 1 is 1.09 bits per heavy atom. The highest BCUT2D eigenvalue weighted by atomic mass is 16.2. The Labute approximate surface area is 183 Å². The average molecular weight is 453 g/mol. The molecule has 2 aromatic heterocycles. The minimum Gasteiger partial charge on any atom is -0.347 e. The molecule has 5 N–H and O–H groups in total. The van der Waals surface area contributed by atoms with Crippen molar-refractivity contribution in [2.45, 2.75) is 31.5 Å². The van der Waals surface area contributed by atoms with Crippen LogP contribution in [0.2, 0.25) is 0 Å². The molecule has 170 valence electrons. The third kappa shape index (κ3) is 4.56. The standard InChI is InChI=1S/C20H19N7O6/c28-13(5-7-27-8-6-21-18(31)19(27)32)23-14-11-4-2-1-3-10(11)9-12(14)22-16(29)15-17(30)24-20(33)26-25-15/h1-4,6,8,12,14H,5,7,9H2,(H,21,31)(H,22,29)(H,23,28)(H2,24,26,30,33)/t12-,14-/m1/s1. The molecule has 1 aliphatic rings. The van der Waals surface area contributed by atoms with Gasteiger partial charge in [0.25, 0.3) is 11.5 Å². The van der Waals surface area contributed by atoms with E-state index in [0.717, 1.165) is 15.7 Å². The van der Waals surface area contributed by atoms with Crippen LogP contribution >= 0.6 is 0 Å². The summed E-state index contributed by atoms with van der Waals surface area (Å²) in [5, 5.41) is 11.0. The Morgan fingerprint density at radius 3 is 2.67 bits per heavy atom. The molecule has 0 bridgehead atoms. The first-order valence-corrected chi connectivity index (χ1v) is 9.98. The lowest BCUT2D eigenvalue weighted by atomic mass is 10.1. The highest BCUT2D eigenvalue weighted by Crippen LogP contribution is 2.31. The fourth-order valence-corrected chi connectivity index (χ4v) is 3.75. The molecular weight excluding hydrogens is 434 g/mol. The summed E-state index contributed by atoms with van der Waals surface area (Å²) in [4.78, 5) is 75.7. The summed E-state index contributed by atoms with van der Waals surface area (Å²) >= 11 is 0. The van der Waals surface area contributed by atoms with Crippen molar-refractivity contribution in [3.63, 3.8) is 0 Å². The minimum atomic E-state index is -0.935. The van der Waals surface area contributed by atoms with Gasteiger partial charge in [-0.3, -0.25) is 29.0 Å². The second kappa shape index (κ2) is 8.90. The fraction of sp³-hybridized carbons (Fsp3) is 0.250. The first-order chi connectivity index (χ1) is 15.8. The van der Waals surface area contributed by atoms with E-state index in [2.05, 4.69) is 20.7 Å². The molecule has 4 rings (SSSR count). The molecule has 0 fully saturated rings. The number of amides is 2. The number of hydrogen-bond donors (Lipinski definition) is 5. The van der Waals surface area contributed by atoms with Gasteiger partial charge in [0, 0.05) is 25.4 Å². The zero-order valence-electron chi connectivity index (χ0n) is 17.1. The van der Waals surface area contributed by atoms with E-state index in [9.17, 15) is 28.8 Å². The van der Waals surface area contributed by atoms with E-state index in [4.69, 9.17) is 0 Å². The van der Waals surface area contributed by atoms with E-state index in [1.165, 1.54) is 12.4 Å². The minimum absolute atomic E-state index is 0.00332. The Hall–Kier alpha value is -4.55. The summed E-state index contributed by atoms with van der Waals surface area (Å²) in [5.74, 6) is -1.21. The van der Waals surface area contributed by atoms with Crippen molar-refractivity contribution in [2.75, 3.05) is 0 Å². The van der Waals surface area contributed by atoms with Crippen LogP contribution in [0.15, 0.2) is 55.8 Å². The lowest BCUT2D eigenvalue weighted by Gasteiger charge is -2.23. The summed E-state index contributed by atoms with van der Waals surface area (Å²) in [6.45, 7) is -0.00332. The van der Waals surface area contributed by atoms with Gasteiger partial charge in [-0.25, -0.2) is 9.89 Å². The predicted octanol–water partition coefficient (Wildman–Crippen LogP) is -2.09. The second-order valence-corrected chi connectivity index (χ2v) is 7.42. The molecule has 2 heterocycles. The Balaban J connectivity index is 1.50. The molecule has 13 heteroatoms. The maximum absolute atomic E-state index is 12.6. The number of rotatable bonds is 6. The van der Waals surface area contributed by atoms with Crippen molar-refractivity contribution >= 4 is 11.8 Å². The van der Waals surface area contributed by atoms with E-state index in [1.54, 1.807) is 6.07 Å². The highest BCUT2D eigenvalue weighted by Gasteiger charge is 2.35. The van der Waals surface area contributed by atoms with Crippen LogP contribution in [0.1, 0.15) is 34.1 Å². The van der Waals surface area contributed by atoms with Gasteiger partial charge in [-0.2, -0.15) is 5.10 Å². The van der Waals surface area contributed by atoms with Crippen LogP contribution in [0, 0.1) is 0 Å². The lowest BCUT2D eigenvalue weighted by molar-refractivity contribution is -0.122. The van der Waals surface area contributed by atoms with Crippen LogP contribution in [-0.2, 0) is 17.8 Å². The Morgan fingerprint density at radius 2 is 1.88 bits per heavy atom. The number of aromatic amines is 3. The molecule has 0 radical (unpaired) electrons. The van der Waals surface area contributed by atoms with Crippen LogP contribution in [0.3, 0.4) is 0 Å². The molecule has 0 unspecified atom stereocenters. The molecule has 0 spiro atoms.